The Hall–Kier alpha value is -2.40. The van der Waals surface area contributed by atoms with Gasteiger partial charge in [-0.25, -0.2) is 0 Å². The number of nitrogens with zero attached hydrogens (tertiary/aromatic N) is 2. The molecule has 2 saturated heterocycles. The van der Waals surface area contributed by atoms with E-state index in [2.05, 4.69) is 31.9 Å². The molecule has 0 spiro atoms. The first-order valence-corrected chi connectivity index (χ1v) is 15.2. The minimum absolute atomic E-state index is 0.125. The number of aromatic hydroxyl groups is 1. The van der Waals surface area contributed by atoms with Gasteiger partial charge in [-0.2, -0.15) is 0 Å². The molecule has 1 N–H and O–H groups in total. The summed E-state index contributed by atoms with van der Waals surface area (Å²) in [6.07, 6.45) is 1.93. The van der Waals surface area contributed by atoms with Gasteiger partial charge < -0.3 is 9.84 Å². The van der Waals surface area contributed by atoms with Crippen LogP contribution < -0.4 is 9.64 Å². The number of amides is 4. The van der Waals surface area contributed by atoms with E-state index in [-0.39, 0.29) is 35.5 Å². The summed E-state index contributed by atoms with van der Waals surface area (Å²) in [7, 11) is 1.45. The van der Waals surface area contributed by atoms with E-state index in [1.165, 1.54) is 18.1 Å². The van der Waals surface area contributed by atoms with E-state index in [0.29, 0.717) is 17.0 Å². The molecule has 3 fully saturated rings. The number of carbonyl (C=O) groups excluding carboxylic acids is 4. The van der Waals surface area contributed by atoms with Gasteiger partial charge in [0.15, 0.2) is 9.75 Å². The van der Waals surface area contributed by atoms with Crippen molar-refractivity contribution in [3.63, 3.8) is 0 Å². The molecule has 1 saturated carbocycles. The maximum absolute atomic E-state index is 14.0. The summed E-state index contributed by atoms with van der Waals surface area (Å²) in [6.45, 7) is 0. The van der Waals surface area contributed by atoms with Gasteiger partial charge in [-0.3, -0.25) is 29.0 Å². The van der Waals surface area contributed by atoms with Crippen LogP contribution in [0, 0.1) is 17.8 Å². The van der Waals surface area contributed by atoms with E-state index in [4.69, 9.17) is 27.9 Å². The van der Waals surface area contributed by atoms with Gasteiger partial charge >= 0.3 is 0 Å². The highest BCUT2D eigenvalue weighted by molar-refractivity contribution is 9.10. The summed E-state index contributed by atoms with van der Waals surface area (Å²) in [4.78, 5) is 53.3. The van der Waals surface area contributed by atoms with Crippen LogP contribution in [0.1, 0.15) is 24.3 Å². The van der Waals surface area contributed by atoms with Crippen molar-refractivity contribution in [1.82, 2.24) is 4.90 Å². The number of allylic oxidation sites excluding steroid dienone is 2. The quantitative estimate of drug-likeness (QED) is 0.205. The molecule has 208 valence electrons. The highest BCUT2D eigenvalue weighted by Crippen LogP contribution is 2.66. The molecule has 4 aliphatic rings. The van der Waals surface area contributed by atoms with E-state index in [0.717, 1.165) is 9.37 Å². The number of anilines is 1. The van der Waals surface area contributed by atoms with Crippen LogP contribution in [0.25, 0.3) is 0 Å². The van der Waals surface area contributed by atoms with Crippen molar-refractivity contribution in [2.45, 2.75) is 28.5 Å². The molecule has 0 radical (unpaired) electrons. The minimum atomic E-state index is -1.99. The standard InChI is InChI=1S/C28H22Br2Cl2N2O6/c1-40-15-6-7-17(20(35)10-15)22-16-8-9-18-21(24(37)34(23(18)36)14-4-2-13(30)3-5-14)19(16)11-27(31)25(38)33(12-29)26(39)28(22,27)32/h2-8,10,18-19,21-22,35H,9,11-12H2,1H3. The molecule has 0 aromatic heterocycles. The number of alkyl halides is 3. The number of halogens is 4. The van der Waals surface area contributed by atoms with Gasteiger partial charge in [-0.1, -0.05) is 49.6 Å². The highest BCUT2D eigenvalue weighted by Gasteiger charge is 2.76. The molecule has 8 nitrogen and oxygen atoms in total. The number of carbonyl (C=O) groups is 4. The fourth-order valence-corrected chi connectivity index (χ4v) is 8.52. The number of imide groups is 2. The van der Waals surface area contributed by atoms with E-state index in [1.54, 1.807) is 36.4 Å². The average molecular weight is 713 g/mol. The number of methoxy groups -OCH3 is 1. The maximum atomic E-state index is 14.0. The summed E-state index contributed by atoms with van der Waals surface area (Å²) >= 11 is 20.9. The van der Waals surface area contributed by atoms with Crippen LogP contribution in [0.5, 0.6) is 11.5 Å². The fraction of sp³-hybridized carbons (Fsp3) is 0.357. The van der Waals surface area contributed by atoms with E-state index in [9.17, 15) is 24.3 Å². The van der Waals surface area contributed by atoms with Gasteiger partial charge in [0.1, 0.15) is 11.5 Å². The maximum Gasteiger partial charge on any atom is 0.254 e. The molecule has 2 aliphatic heterocycles. The smallest absolute Gasteiger partial charge is 0.254 e. The molecular weight excluding hydrogens is 691 g/mol. The van der Waals surface area contributed by atoms with E-state index < -0.39 is 51.1 Å². The van der Waals surface area contributed by atoms with Gasteiger partial charge in [0.05, 0.1) is 30.1 Å². The van der Waals surface area contributed by atoms with Gasteiger partial charge in [0.2, 0.25) is 11.8 Å². The summed E-state index contributed by atoms with van der Waals surface area (Å²) in [5.41, 5.74) is 1.19. The second-order valence-corrected chi connectivity index (χ2v) is 13.1. The lowest BCUT2D eigenvalue weighted by atomic mass is 9.56. The van der Waals surface area contributed by atoms with Crippen LogP contribution in [-0.4, -0.2) is 55.9 Å². The van der Waals surface area contributed by atoms with Gasteiger partial charge in [-0.15, -0.1) is 23.2 Å². The normalized spacial score (nSPS) is 33.1. The Morgan fingerprint density at radius 2 is 1.73 bits per heavy atom. The summed E-state index contributed by atoms with van der Waals surface area (Å²) in [5.74, 6) is -5.17. The number of phenolic OH excluding ortho intramolecular Hbond substituents is 1. The lowest BCUT2D eigenvalue weighted by Crippen LogP contribution is -2.60. The minimum Gasteiger partial charge on any atom is -0.508 e. The second kappa shape index (κ2) is 9.58. The lowest BCUT2D eigenvalue weighted by molar-refractivity contribution is -0.138. The molecular formula is C28H22Br2Cl2N2O6. The topological polar surface area (TPSA) is 104 Å². The molecule has 2 aliphatic carbocycles. The summed E-state index contributed by atoms with van der Waals surface area (Å²) in [5, 5.41) is 11.1. The molecule has 2 aromatic rings. The molecule has 0 bridgehead atoms. The zero-order chi connectivity index (χ0) is 28.7. The van der Waals surface area contributed by atoms with Gasteiger partial charge in [0.25, 0.3) is 11.8 Å². The molecule has 2 aromatic carbocycles. The summed E-state index contributed by atoms with van der Waals surface area (Å²) in [6, 6.07) is 11.5. The Kier molecular flexibility index (Phi) is 6.64. The number of phenols is 1. The van der Waals surface area contributed by atoms with Crippen molar-refractivity contribution >= 4 is 84.4 Å². The molecule has 6 rings (SSSR count). The molecule has 4 amide bonds. The van der Waals surface area contributed by atoms with Crippen molar-refractivity contribution < 1.29 is 29.0 Å². The zero-order valence-corrected chi connectivity index (χ0v) is 25.6. The number of rotatable bonds is 4. The molecule has 12 heteroatoms. The van der Waals surface area contributed by atoms with Crippen LogP contribution >= 0.6 is 55.1 Å². The van der Waals surface area contributed by atoms with Crippen molar-refractivity contribution in [2.24, 2.45) is 17.8 Å². The van der Waals surface area contributed by atoms with Crippen molar-refractivity contribution in [1.29, 1.82) is 0 Å². The fourth-order valence-electron chi connectivity index (χ4n) is 6.84. The third-order valence-corrected chi connectivity index (χ3v) is 11.1. The zero-order valence-electron chi connectivity index (χ0n) is 20.9. The number of hydrogen-bond donors (Lipinski definition) is 1. The Bertz CT molecular complexity index is 1520. The molecule has 6 atom stereocenters. The van der Waals surface area contributed by atoms with Gasteiger partial charge in [0, 0.05) is 22.0 Å². The predicted molar refractivity (Wildman–Crippen MR) is 155 cm³/mol. The molecule has 6 unspecified atom stereocenters. The second-order valence-electron chi connectivity index (χ2n) is 10.4. The number of benzene rings is 2. The van der Waals surface area contributed by atoms with Crippen molar-refractivity contribution in [2.75, 3.05) is 17.5 Å². The largest absolute Gasteiger partial charge is 0.508 e. The number of ether oxygens (including phenoxy) is 1. The SMILES string of the molecule is COc1ccc(C2C3=CCC4C(=O)N(c5ccc(Br)cc5)C(=O)C4C3CC3(Cl)C(=O)N(CBr)C(=O)C23Cl)c(O)c1. The van der Waals surface area contributed by atoms with Gasteiger partial charge in [-0.05, 0) is 49.1 Å². The van der Waals surface area contributed by atoms with Crippen LogP contribution in [0.2, 0.25) is 0 Å². The third kappa shape index (κ3) is 3.55. The van der Waals surface area contributed by atoms with Crippen molar-refractivity contribution in [3.05, 3.63) is 64.1 Å². The predicted octanol–water partition coefficient (Wildman–Crippen LogP) is 5.08. The Balaban J connectivity index is 1.52. The Labute approximate surface area is 256 Å². The van der Waals surface area contributed by atoms with Crippen LogP contribution in [0.15, 0.2) is 58.6 Å². The first kappa shape index (κ1) is 27.8. The van der Waals surface area contributed by atoms with E-state index >= 15 is 0 Å². The van der Waals surface area contributed by atoms with E-state index in [1.807, 2.05) is 6.08 Å². The number of likely N-dealkylation sites (tertiary alicyclic amines) is 1. The first-order valence-electron chi connectivity index (χ1n) is 12.5. The average Bonchev–Trinajstić information content (AvgIpc) is 3.27. The molecule has 2 heterocycles. The lowest BCUT2D eigenvalue weighted by Gasteiger charge is -2.50. The first-order chi connectivity index (χ1) is 19.0. The Morgan fingerprint density at radius 3 is 2.35 bits per heavy atom. The van der Waals surface area contributed by atoms with Crippen LogP contribution in [-0.2, 0) is 19.2 Å². The Morgan fingerprint density at radius 1 is 1.02 bits per heavy atom. The van der Waals surface area contributed by atoms with Crippen molar-refractivity contribution in [3.8, 4) is 11.5 Å². The summed E-state index contributed by atoms with van der Waals surface area (Å²) < 4.78 is 6.03. The van der Waals surface area contributed by atoms with Crippen LogP contribution in [0.4, 0.5) is 5.69 Å². The third-order valence-electron chi connectivity index (χ3n) is 8.65. The number of fused-ring (bicyclic) bond motifs is 4. The molecule has 40 heavy (non-hydrogen) atoms. The van der Waals surface area contributed by atoms with Crippen LogP contribution in [0.3, 0.4) is 0 Å². The monoisotopic (exact) mass is 710 g/mol. The highest BCUT2D eigenvalue weighted by atomic mass is 79.9. The number of hydrogen-bond acceptors (Lipinski definition) is 6.